The summed E-state index contributed by atoms with van der Waals surface area (Å²) in [5, 5.41) is 8.41. The zero-order chi connectivity index (χ0) is 12.7. The van der Waals surface area contributed by atoms with Gasteiger partial charge in [0.15, 0.2) is 0 Å². The average molecular weight is 231 g/mol. The summed E-state index contributed by atoms with van der Waals surface area (Å²) in [6.45, 7) is 1.87. The highest BCUT2D eigenvalue weighted by molar-refractivity contribution is 5.81. The number of nitrogens with zero attached hydrogens (tertiary/aromatic N) is 1. The summed E-state index contributed by atoms with van der Waals surface area (Å²) in [6.07, 6.45) is -0.254. The van der Waals surface area contributed by atoms with E-state index < -0.39 is 17.9 Å². The third-order valence-corrected chi connectivity index (χ3v) is 2.13. The molecule has 0 aliphatic rings. The fraction of sp³-hybridized carbons (Fsp3) is 0.700. The van der Waals surface area contributed by atoms with Crippen molar-refractivity contribution < 1.29 is 24.2 Å². The molecule has 0 rings (SSSR count). The van der Waals surface area contributed by atoms with E-state index in [1.165, 1.54) is 19.1 Å². The van der Waals surface area contributed by atoms with Crippen LogP contribution in [0, 0.1) is 5.92 Å². The summed E-state index contributed by atoms with van der Waals surface area (Å²) in [7, 11) is 2.81. The highest BCUT2D eigenvalue weighted by Crippen LogP contribution is 2.03. The van der Waals surface area contributed by atoms with Crippen LogP contribution in [-0.2, 0) is 19.1 Å². The zero-order valence-corrected chi connectivity index (χ0v) is 9.73. The second-order valence-electron chi connectivity index (χ2n) is 3.59. The summed E-state index contributed by atoms with van der Waals surface area (Å²) >= 11 is 0. The Morgan fingerprint density at radius 3 is 2.31 bits per heavy atom. The summed E-state index contributed by atoms with van der Waals surface area (Å²) in [5.41, 5.74) is 0. The fourth-order valence-electron chi connectivity index (χ4n) is 1.19. The number of rotatable bonds is 6. The number of esters is 1. The number of aliphatic carboxylic acids is 1. The van der Waals surface area contributed by atoms with Crippen LogP contribution in [0.1, 0.15) is 19.8 Å². The summed E-state index contributed by atoms with van der Waals surface area (Å²) in [4.78, 5) is 34.1. The summed E-state index contributed by atoms with van der Waals surface area (Å²) in [5.74, 6) is -2.11. The van der Waals surface area contributed by atoms with Crippen molar-refractivity contribution in [2.75, 3.05) is 20.7 Å². The molecule has 0 spiro atoms. The van der Waals surface area contributed by atoms with Crippen molar-refractivity contribution in [3.63, 3.8) is 0 Å². The third kappa shape index (κ3) is 5.33. The van der Waals surface area contributed by atoms with Gasteiger partial charge in [0, 0.05) is 20.0 Å². The largest absolute Gasteiger partial charge is 0.481 e. The van der Waals surface area contributed by atoms with E-state index in [1.54, 1.807) is 6.92 Å². The van der Waals surface area contributed by atoms with Gasteiger partial charge in [-0.15, -0.1) is 0 Å². The maximum atomic E-state index is 11.4. The number of carboxylic acid groups (broad SMARTS) is 1. The normalized spacial score (nSPS) is 11.7. The van der Waals surface area contributed by atoms with E-state index in [2.05, 4.69) is 4.74 Å². The van der Waals surface area contributed by atoms with E-state index in [-0.39, 0.29) is 25.3 Å². The molecule has 1 atom stereocenters. The summed E-state index contributed by atoms with van der Waals surface area (Å²) < 4.78 is 4.52. The van der Waals surface area contributed by atoms with Crippen LogP contribution in [-0.4, -0.2) is 48.6 Å². The van der Waals surface area contributed by atoms with Gasteiger partial charge in [0.25, 0.3) is 0 Å². The number of hydrogen-bond donors (Lipinski definition) is 1. The lowest BCUT2D eigenvalue weighted by molar-refractivity contribution is -0.147. The first-order valence-electron chi connectivity index (χ1n) is 4.92. The number of carboxylic acids is 1. The van der Waals surface area contributed by atoms with Crippen LogP contribution in [0.2, 0.25) is 0 Å². The number of ether oxygens (including phenoxy) is 1. The Morgan fingerprint density at radius 1 is 1.31 bits per heavy atom. The molecule has 0 aromatic rings. The minimum atomic E-state index is -1.01. The van der Waals surface area contributed by atoms with Gasteiger partial charge < -0.3 is 14.7 Å². The van der Waals surface area contributed by atoms with E-state index in [0.29, 0.717) is 0 Å². The first kappa shape index (κ1) is 14.4. The number of hydrogen-bond acceptors (Lipinski definition) is 4. The molecule has 16 heavy (non-hydrogen) atoms. The zero-order valence-electron chi connectivity index (χ0n) is 9.73. The molecule has 0 heterocycles. The van der Waals surface area contributed by atoms with Gasteiger partial charge in [-0.25, -0.2) is 0 Å². The van der Waals surface area contributed by atoms with Crippen LogP contribution in [0.15, 0.2) is 0 Å². The highest BCUT2D eigenvalue weighted by atomic mass is 16.5. The molecule has 0 bridgehead atoms. The van der Waals surface area contributed by atoms with E-state index in [9.17, 15) is 14.4 Å². The Bertz CT molecular complexity index is 276. The maximum absolute atomic E-state index is 11.4. The standard InChI is InChI=1S/C10H17NO5/c1-7(10(15)16-3)6-11(2)8(12)4-5-9(13)14/h7H,4-6H2,1-3H3,(H,13,14). The van der Waals surface area contributed by atoms with Gasteiger partial charge in [0.1, 0.15) is 0 Å². The monoisotopic (exact) mass is 231 g/mol. The van der Waals surface area contributed by atoms with Crippen molar-refractivity contribution >= 4 is 17.8 Å². The molecule has 92 valence electrons. The molecule has 0 radical (unpaired) electrons. The van der Waals surface area contributed by atoms with Gasteiger partial charge >= 0.3 is 11.9 Å². The lowest BCUT2D eigenvalue weighted by atomic mass is 10.1. The number of amides is 1. The Kier molecular flexibility index (Phi) is 6.14. The molecule has 1 unspecified atom stereocenters. The van der Waals surface area contributed by atoms with Crippen LogP contribution in [0.3, 0.4) is 0 Å². The molecule has 0 fully saturated rings. The maximum Gasteiger partial charge on any atom is 0.310 e. The predicted octanol–water partition coefficient (Wildman–Crippen LogP) is 0.119. The molecular weight excluding hydrogens is 214 g/mol. The number of methoxy groups -OCH3 is 1. The molecule has 0 aromatic heterocycles. The topological polar surface area (TPSA) is 83.9 Å². The molecule has 1 N–H and O–H groups in total. The number of carbonyl (C=O) groups is 3. The first-order chi connectivity index (χ1) is 7.38. The smallest absolute Gasteiger partial charge is 0.310 e. The molecule has 0 saturated heterocycles. The van der Waals surface area contributed by atoms with Crippen LogP contribution < -0.4 is 0 Å². The SMILES string of the molecule is COC(=O)C(C)CN(C)C(=O)CCC(=O)O. The average Bonchev–Trinajstić information content (AvgIpc) is 2.24. The van der Waals surface area contributed by atoms with Gasteiger partial charge in [-0.2, -0.15) is 0 Å². The van der Waals surface area contributed by atoms with Gasteiger partial charge in [-0.1, -0.05) is 6.92 Å². The molecule has 1 amide bonds. The van der Waals surface area contributed by atoms with Crippen molar-refractivity contribution in [1.82, 2.24) is 4.90 Å². The van der Waals surface area contributed by atoms with Crippen molar-refractivity contribution in [3.8, 4) is 0 Å². The Labute approximate surface area is 94.2 Å². The van der Waals surface area contributed by atoms with Gasteiger partial charge in [-0.3, -0.25) is 14.4 Å². The van der Waals surface area contributed by atoms with Gasteiger partial charge in [-0.05, 0) is 0 Å². The second kappa shape index (κ2) is 6.81. The molecular formula is C10H17NO5. The minimum Gasteiger partial charge on any atom is -0.481 e. The first-order valence-corrected chi connectivity index (χ1v) is 4.92. The van der Waals surface area contributed by atoms with Crippen LogP contribution in [0.5, 0.6) is 0 Å². The predicted molar refractivity (Wildman–Crippen MR) is 55.7 cm³/mol. The van der Waals surface area contributed by atoms with E-state index in [0.717, 1.165) is 0 Å². The van der Waals surface area contributed by atoms with E-state index in [1.807, 2.05) is 0 Å². The Morgan fingerprint density at radius 2 is 1.88 bits per heavy atom. The van der Waals surface area contributed by atoms with E-state index >= 15 is 0 Å². The van der Waals surface area contributed by atoms with Crippen molar-refractivity contribution in [2.24, 2.45) is 5.92 Å². The van der Waals surface area contributed by atoms with Crippen molar-refractivity contribution in [1.29, 1.82) is 0 Å². The molecule has 0 aliphatic carbocycles. The molecule has 0 aliphatic heterocycles. The minimum absolute atomic E-state index is 0.0558. The van der Waals surface area contributed by atoms with Crippen molar-refractivity contribution in [3.05, 3.63) is 0 Å². The second-order valence-corrected chi connectivity index (χ2v) is 3.59. The van der Waals surface area contributed by atoms with Crippen LogP contribution in [0.4, 0.5) is 0 Å². The summed E-state index contributed by atoms with van der Waals surface area (Å²) in [6, 6.07) is 0. The van der Waals surface area contributed by atoms with E-state index in [4.69, 9.17) is 5.11 Å². The van der Waals surface area contributed by atoms with Crippen LogP contribution >= 0.6 is 0 Å². The molecule has 6 heteroatoms. The van der Waals surface area contributed by atoms with Gasteiger partial charge in [0.2, 0.25) is 5.91 Å². The molecule has 0 aromatic carbocycles. The third-order valence-electron chi connectivity index (χ3n) is 2.13. The van der Waals surface area contributed by atoms with Crippen molar-refractivity contribution in [2.45, 2.75) is 19.8 Å². The molecule has 0 saturated carbocycles. The lowest BCUT2D eigenvalue weighted by Crippen LogP contribution is -2.34. The van der Waals surface area contributed by atoms with Crippen LogP contribution in [0.25, 0.3) is 0 Å². The Hall–Kier alpha value is -1.59. The quantitative estimate of drug-likeness (QED) is 0.656. The Balaban J connectivity index is 4.04. The fourth-order valence-corrected chi connectivity index (χ4v) is 1.19. The number of carbonyl (C=O) groups excluding carboxylic acids is 2. The lowest BCUT2D eigenvalue weighted by Gasteiger charge is -2.19. The van der Waals surface area contributed by atoms with Gasteiger partial charge in [0.05, 0.1) is 19.4 Å². The highest BCUT2D eigenvalue weighted by Gasteiger charge is 2.18. The molecule has 6 nitrogen and oxygen atoms in total.